The van der Waals surface area contributed by atoms with Gasteiger partial charge in [0.1, 0.15) is 17.2 Å². The predicted molar refractivity (Wildman–Crippen MR) is 109 cm³/mol. The molecule has 1 fully saturated rings. The van der Waals surface area contributed by atoms with Gasteiger partial charge in [-0.3, -0.25) is 0 Å². The number of anilines is 2. The van der Waals surface area contributed by atoms with Crippen LogP contribution in [0.25, 0.3) is 22.6 Å². The third-order valence-corrected chi connectivity index (χ3v) is 5.79. The molecular weight excluding hydrogens is 416 g/mol. The highest BCUT2D eigenvalue weighted by atomic mass is 35.5. The van der Waals surface area contributed by atoms with Gasteiger partial charge >= 0.3 is 0 Å². The number of imidazole rings is 1. The highest BCUT2D eigenvalue weighted by Gasteiger charge is 2.41. The minimum absolute atomic E-state index is 0.182. The molecule has 0 unspecified atom stereocenters. The summed E-state index contributed by atoms with van der Waals surface area (Å²) in [5.74, 6) is -1.19. The first-order valence-corrected chi connectivity index (χ1v) is 9.99. The average molecular weight is 436 g/mol. The molecule has 3 aromatic heterocycles. The number of nitrogens with two attached hydrogens (primary N) is 1. The maximum absolute atomic E-state index is 14.0. The Bertz CT molecular complexity index is 1160. The molecule has 0 aromatic carbocycles. The molecule has 0 atom stereocenters. The largest absolute Gasteiger partial charge is 0.382 e. The lowest BCUT2D eigenvalue weighted by atomic mass is 10.1. The van der Waals surface area contributed by atoms with Gasteiger partial charge in [0.05, 0.1) is 18.2 Å². The first-order chi connectivity index (χ1) is 14.1. The maximum Gasteiger partial charge on any atom is 0.266 e. The molecule has 0 amide bonds. The Hall–Kier alpha value is -2.59. The number of hydrogen-bond acceptors (Lipinski definition) is 7. The minimum atomic E-state index is -2.77. The first-order valence-electron chi connectivity index (χ1n) is 9.61. The molecule has 11 heteroatoms. The summed E-state index contributed by atoms with van der Waals surface area (Å²) in [6.45, 7) is 4.67. The second kappa shape index (κ2) is 6.45. The van der Waals surface area contributed by atoms with Crippen LogP contribution in [0.1, 0.15) is 26.1 Å². The standard InChI is InChI=1S/C19H20ClF2N7O/c1-18(2)17-25-12-15(28-4-3-19(21,22)9-28)26-14(10-7-11(20)13(23)24-8-10)27-16(12)29(17)5-6-30-18/h7-8H,3-6,9H2,1-2H3,(H2,23,24). The molecule has 158 valence electrons. The van der Waals surface area contributed by atoms with Gasteiger partial charge in [0, 0.05) is 31.3 Å². The Balaban J connectivity index is 1.75. The fraction of sp³-hybridized carbons (Fsp3) is 0.474. The number of hydrogen-bond donors (Lipinski definition) is 1. The number of rotatable bonds is 2. The van der Waals surface area contributed by atoms with E-state index in [4.69, 9.17) is 32.0 Å². The quantitative estimate of drug-likeness (QED) is 0.660. The summed E-state index contributed by atoms with van der Waals surface area (Å²) in [5.41, 5.74) is 6.70. The van der Waals surface area contributed by atoms with Gasteiger partial charge < -0.3 is 19.9 Å². The van der Waals surface area contributed by atoms with Crippen LogP contribution in [0.5, 0.6) is 0 Å². The van der Waals surface area contributed by atoms with Gasteiger partial charge in [-0.05, 0) is 19.9 Å². The lowest BCUT2D eigenvalue weighted by Gasteiger charge is -2.30. The van der Waals surface area contributed by atoms with Crippen LogP contribution in [0, 0.1) is 0 Å². The second-order valence-corrected chi connectivity index (χ2v) is 8.51. The molecule has 2 N–H and O–H groups in total. The van der Waals surface area contributed by atoms with E-state index in [-0.39, 0.29) is 23.8 Å². The number of nitrogen functional groups attached to an aromatic ring is 1. The zero-order valence-electron chi connectivity index (χ0n) is 16.5. The number of alkyl halides is 2. The van der Waals surface area contributed by atoms with Gasteiger partial charge in [-0.15, -0.1) is 0 Å². The average Bonchev–Trinajstić information content (AvgIpc) is 3.24. The van der Waals surface area contributed by atoms with Crippen molar-refractivity contribution >= 4 is 34.4 Å². The molecule has 8 nitrogen and oxygen atoms in total. The van der Waals surface area contributed by atoms with Crippen LogP contribution in [-0.2, 0) is 16.9 Å². The van der Waals surface area contributed by atoms with Gasteiger partial charge in [0.25, 0.3) is 5.92 Å². The molecule has 0 radical (unpaired) electrons. The van der Waals surface area contributed by atoms with Gasteiger partial charge in [-0.2, -0.15) is 0 Å². The Morgan fingerprint density at radius 2 is 2.00 bits per heavy atom. The van der Waals surface area contributed by atoms with E-state index in [1.165, 1.54) is 6.20 Å². The fourth-order valence-electron chi connectivity index (χ4n) is 3.95. The highest BCUT2D eigenvalue weighted by molar-refractivity contribution is 6.33. The maximum atomic E-state index is 14.0. The second-order valence-electron chi connectivity index (χ2n) is 8.11. The van der Waals surface area contributed by atoms with Crippen molar-refractivity contribution in [2.75, 3.05) is 30.3 Å². The molecule has 1 saturated heterocycles. The molecular formula is C19H20ClF2N7O. The number of aromatic nitrogens is 5. The van der Waals surface area contributed by atoms with E-state index in [1.807, 2.05) is 18.4 Å². The van der Waals surface area contributed by atoms with Crippen LogP contribution < -0.4 is 10.6 Å². The Kier molecular flexibility index (Phi) is 4.17. The van der Waals surface area contributed by atoms with Crippen molar-refractivity contribution < 1.29 is 13.5 Å². The number of nitrogens with zero attached hydrogens (tertiary/aromatic N) is 6. The van der Waals surface area contributed by atoms with Crippen molar-refractivity contribution in [3.8, 4) is 11.4 Å². The summed E-state index contributed by atoms with van der Waals surface area (Å²) in [6, 6.07) is 1.62. The van der Waals surface area contributed by atoms with E-state index in [0.717, 1.165) is 0 Å². The van der Waals surface area contributed by atoms with Gasteiger partial charge in [-0.1, -0.05) is 11.6 Å². The predicted octanol–water partition coefficient (Wildman–Crippen LogP) is 3.23. The third-order valence-electron chi connectivity index (χ3n) is 5.49. The molecule has 2 aliphatic heterocycles. The van der Waals surface area contributed by atoms with Crippen LogP contribution in [-0.4, -0.2) is 50.1 Å². The van der Waals surface area contributed by atoms with Gasteiger partial charge in [0.2, 0.25) is 0 Å². The summed E-state index contributed by atoms with van der Waals surface area (Å²) in [7, 11) is 0. The van der Waals surface area contributed by atoms with Crippen LogP contribution in [0.4, 0.5) is 20.4 Å². The molecule has 30 heavy (non-hydrogen) atoms. The van der Waals surface area contributed by atoms with E-state index < -0.39 is 18.1 Å². The summed E-state index contributed by atoms with van der Waals surface area (Å²) in [4.78, 5) is 19.7. The molecule has 0 bridgehead atoms. The van der Waals surface area contributed by atoms with Gasteiger partial charge in [0.15, 0.2) is 22.8 Å². The Morgan fingerprint density at radius 1 is 1.20 bits per heavy atom. The summed E-state index contributed by atoms with van der Waals surface area (Å²) in [6.07, 6.45) is 1.29. The van der Waals surface area contributed by atoms with E-state index in [0.29, 0.717) is 47.3 Å². The first kappa shape index (κ1) is 19.4. The summed E-state index contributed by atoms with van der Waals surface area (Å²) < 4.78 is 35.8. The monoisotopic (exact) mass is 435 g/mol. The van der Waals surface area contributed by atoms with Crippen molar-refractivity contribution in [2.24, 2.45) is 0 Å². The van der Waals surface area contributed by atoms with Crippen molar-refractivity contribution in [3.05, 3.63) is 23.1 Å². The zero-order valence-corrected chi connectivity index (χ0v) is 17.2. The topological polar surface area (TPSA) is 95.0 Å². The number of fused-ring (bicyclic) bond motifs is 3. The van der Waals surface area contributed by atoms with Crippen LogP contribution in [0.2, 0.25) is 5.02 Å². The van der Waals surface area contributed by atoms with Crippen molar-refractivity contribution in [2.45, 2.75) is 38.3 Å². The molecule has 5 heterocycles. The van der Waals surface area contributed by atoms with Crippen molar-refractivity contribution in [1.82, 2.24) is 24.5 Å². The van der Waals surface area contributed by atoms with Crippen LogP contribution in [0.3, 0.4) is 0 Å². The lowest BCUT2D eigenvalue weighted by molar-refractivity contribution is -0.0530. The smallest absolute Gasteiger partial charge is 0.266 e. The zero-order chi connectivity index (χ0) is 21.3. The van der Waals surface area contributed by atoms with Crippen molar-refractivity contribution in [3.63, 3.8) is 0 Å². The molecule has 0 spiro atoms. The Morgan fingerprint density at radius 3 is 2.70 bits per heavy atom. The Labute approximate surface area is 176 Å². The lowest BCUT2D eigenvalue weighted by Crippen LogP contribution is -2.33. The van der Waals surface area contributed by atoms with E-state index >= 15 is 0 Å². The van der Waals surface area contributed by atoms with Crippen molar-refractivity contribution in [1.29, 1.82) is 0 Å². The molecule has 5 rings (SSSR count). The highest BCUT2D eigenvalue weighted by Crippen LogP contribution is 2.38. The van der Waals surface area contributed by atoms with Crippen LogP contribution >= 0.6 is 11.6 Å². The van der Waals surface area contributed by atoms with E-state index in [9.17, 15) is 8.78 Å². The number of halogens is 3. The van der Waals surface area contributed by atoms with Gasteiger partial charge in [-0.25, -0.2) is 28.7 Å². The number of pyridine rings is 1. The van der Waals surface area contributed by atoms with E-state index in [2.05, 4.69) is 9.97 Å². The SMILES string of the molecule is CC1(C)OCCn2c1nc1c(N3CCC(F)(F)C3)nc(-c3cnc(N)c(Cl)c3)nc12. The minimum Gasteiger partial charge on any atom is -0.382 e. The van der Waals surface area contributed by atoms with Crippen LogP contribution in [0.15, 0.2) is 12.3 Å². The molecule has 0 saturated carbocycles. The summed E-state index contributed by atoms with van der Waals surface area (Å²) >= 11 is 6.13. The normalized spacial score (nSPS) is 20.0. The molecule has 0 aliphatic carbocycles. The van der Waals surface area contributed by atoms with E-state index in [1.54, 1.807) is 11.0 Å². The summed E-state index contributed by atoms with van der Waals surface area (Å²) in [5, 5.41) is 0.273. The molecule has 3 aromatic rings. The molecule has 2 aliphatic rings. The fourth-order valence-corrected chi connectivity index (χ4v) is 4.12. The third kappa shape index (κ3) is 3.05. The number of ether oxygens (including phenoxy) is 1.